The van der Waals surface area contributed by atoms with E-state index in [1.54, 1.807) is 0 Å². The van der Waals surface area contributed by atoms with Crippen LogP contribution in [0.5, 0.6) is 5.75 Å². The number of rotatable bonds is 35. The number of hydrogen-bond donors (Lipinski definition) is 7. The molecule has 0 aliphatic rings. The van der Waals surface area contributed by atoms with Crippen LogP contribution in [0.15, 0.2) is 54.6 Å². The van der Waals surface area contributed by atoms with Gasteiger partial charge in [-0.1, -0.05) is 36.4 Å². The molecule has 1 atom stereocenters. The van der Waals surface area contributed by atoms with Gasteiger partial charge < -0.3 is 84.2 Å². The first kappa shape index (κ1) is 51.1. The smallest absolute Gasteiger partial charge is 0.407 e. The van der Waals surface area contributed by atoms with Gasteiger partial charge in [0, 0.05) is 44.7 Å². The van der Waals surface area contributed by atoms with E-state index in [4.69, 9.17) is 52.5 Å². The molecule has 0 saturated heterocycles. The molecule has 4 amide bonds. The number of hydrogen-bond acceptors (Lipinski definition) is 17. The number of carbonyl (C=O) groups is 4. The van der Waals surface area contributed by atoms with Crippen molar-refractivity contribution >= 4 is 35.1 Å². The molecular formula is C39H61N5O16. The first-order valence-electron chi connectivity index (χ1n) is 19.7. The summed E-state index contributed by atoms with van der Waals surface area (Å²) < 4.78 is 52.1. The minimum absolute atomic E-state index is 0.0196. The summed E-state index contributed by atoms with van der Waals surface area (Å²) in [5, 5.41) is 34.1. The van der Waals surface area contributed by atoms with Crippen molar-refractivity contribution in [1.82, 2.24) is 26.6 Å². The Kier molecular flexibility index (Phi) is 30.6. The zero-order valence-corrected chi connectivity index (χ0v) is 33.9. The van der Waals surface area contributed by atoms with Crippen LogP contribution >= 0.6 is 0 Å². The van der Waals surface area contributed by atoms with Gasteiger partial charge in [-0.3, -0.25) is 0 Å². The van der Waals surface area contributed by atoms with Gasteiger partial charge in [-0.2, -0.15) is 0 Å². The van der Waals surface area contributed by atoms with Crippen LogP contribution in [0.3, 0.4) is 0 Å². The molecule has 0 spiro atoms. The quantitative estimate of drug-likeness (QED) is 0.0286. The first-order valence-corrected chi connectivity index (χ1v) is 19.7. The van der Waals surface area contributed by atoms with Crippen LogP contribution in [0.25, 0.3) is 10.8 Å². The summed E-state index contributed by atoms with van der Waals surface area (Å²) in [5.74, 6) is 0.712. The number of aliphatic hydroxyl groups is 2. The van der Waals surface area contributed by atoms with Crippen molar-refractivity contribution < 1.29 is 76.8 Å². The second kappa shape index (κ2) is 35.9. The summed E-state index contributed by atoms with van der Waals surface area (Å²) in [6.07, 6.45) is -0.103. The van der Waals surface area contributed by atoms with Gasteiger partial charge in [-0.15, -0.1) is 0 Å². The highest BCUT2D eigenvalue weighted by Crippen LogP contribution is 2.25. The van der Waals surface area contributed by atoms with E-state index in [9.17, 15) is 24.3 Å². The third kappa shape index (κ3) is 28.4. The number of ether oxygens (including phenoxy) is 10. The molecular weight excluding hydrogens is 794 g/mol. The zero-order chi connectivity index (χ0) is 43.1. The summed E-state index contributed by atoms with van der Waals surface area (Å²) in [4.78, 5) is 46.7. The first-order chi connectivity index (χ1) is 29.4. The molecule has 2 aromatic carbocycles. The van der Waals surface area contributed by atoms with Gasteiger partial charge in [-0.05, 0) is 23.6 Å². The molecule has 0 fully saturated rings. The van der Waals surface area contributed by atoms with E-state index in [0.717, 1.165) is 10.8 Å². The number of benzene rings is 2. The molecule has 60 heavy (non-hydrogen) atoms. The summed E-state index contributed by atoms with van der Waals surface area (Å²) in [6, 6.07) is 13.6. The van der Waals surface area contributed by atoms with E-state index in [-0.39, 0.29) is 125 Å². The lowest BCUT2D eigenvalue weighted by Gasteiger charge is -2.15. The molecule has 0 unspecified atom stereocenters. The average Bonchev–Trinajstić information content (AvgIpc) is 3.25. The summed E-state index contributed by atoms with van der Waals surface area (Å²) in [5.41, 5.74) is 0. The summed E-state index contributed by atoms with van der Waals surface area (Å²) in [6.45, 7) is 4.37. The lowest BCUT2D eigenvalue weighted by atomic mass is 10.1. The van der Waals surface area contributed by atoms with Gasteiger partial charge in [0.2, 0.25) is 0 Å². The fourth-order valence-corrected chi connectivity index (χ4v) is 4.55. The zero-order valence-electron chi connectivity index (χ0n) is 33.9. The Morgan fingerprint density at radius 1 is 0.533 bits per heavy atom. The van der Waals surface area contributed by atoms with E-state index in [1.165, 1.54) is 12.2 Å². The number of amides is 4. The highest BCUT2D eigenvalue weighted by molar-refractivity contribution is 5.88. The third-order valence-electron chi connectivity index (χ3n) is 7.37. The maximum atomic E-state index is 11.8. The van der Waals surface area contributed by atoms with Gasteiger partial charge in [0.15, 0.2) is 0 Å². The highest BCUT2D eigenvalue weighted by atomic mass is 16.6. The van der Waals surface area contributed by atoms with Crippen molar-refractivity contribution in [3.05, 3.63) is 54.6 Å². The minimum Gasteiger partial charge on any atom is -0.490 e. The third-order valence-corrected chi connectivity index (χ3v) is 7.37. The van der Waals surface area contributed by atoms with Crippen molar-refractivity contribution in [1.29, 1.82) is 0 Å². The lowest BCUT2D eigenvalue weighted by Crippen LogP contribution is -2.37. The van der Waals surface area contributed by atoms with E-state index < -0.39 is 30.5 Å². The van der Waals surface area contributed by atoms with Gasteiger partial charge in [0.05, 0.1) is 72.7 Å². The van der Waals surface area contributed by atoms with Crippen LogP contribution in [-0.2, 0) is 42.6 Å². The lowest BCUT2D eigenvalue weighted by molar-refractivity contribution is 0.0282. The number of fused-ring (bicyclic) bond motifs is 1. The van der Waals surface area contributed by atoms with Crippen molar-refractivity contribution in [3.8, 4) is 5.75 Å². The SMILES string of the molecule is O=C(NCCOCCOCCOC(=O)NCCNC[C@H](O)COc1cccc2ccccc12)OC/C=C/COC(=O)NCCOCCOCCOC(=O)NCCOCCO. The van der Waals surface area contributed by atoms with Crippen molar-refractivity contribution in [2.45, 2.75) is 6.10 Å². The topological polar surface area (TPSA) is 261 Å². The van der Waals surface area contributed by atoms with E-state index in [1.807, 2.05) is 42.5 Å². The standard InChI is InChI=1S/C39H61N5O16/c45-15-21-51-18-12-44-39(50)59-29-27-55-25-23-53-20-14-43-38(49)57-17-4-3-16-56-37(48)42-13-19-52-22-24-54-26-28-58-36(47)41-11-10-40-30-33(46)31-60-35-9-5-7-32-6-1-2-8-34(32)35/h1-9,33,40,45-46H,10-31H2,(H,41,47)(H,42,48)(H,43,49)(H,44,50)/b4-3+/t33-/m0/s1. The molecule has 0 bridgehead atoms. The van der Waals surface area contributed by atoms with E-state index in [0.29, 0.717) is 25.4 Å². The van der Waals surface area contributed by atoms with Crippen molar-refractivity contribution in [3.63, 3.8) is 0 Å². The fourth-order valence-electron chi connectivity index (χ4n) is 4.55. The number of aliphatic hydroxyl groups excluding tert-OH is 2. The van der Waals surface area contributed by atoms with Crippen LogP contribution in [-0.4, -0.2) is 186 Å². The Balaban J connectivity index is 1.27. The Morgan fingerprint density at radius 3 is 1.57 bits per heavy atom. The van der Waals surface area contributed by atoms with Crippen molar-refractivity contribution in [2.24, 2.45) is 0 Å². The minimum atomic E-state index is -0.722. The normalized spacial score (nSPS) is 11.5. The predicted molar refractivity (Wildman–Crippen MR) is 216 cm³/mol. The fraction of sp³-hybridized carbons (Fsp3) is 0.590. The number of nitrogens with one attached hydrogen (secondary N) is 5. The highest BCUT2D eigenvalue weighted by Gasteiger charge is 2.08. The molecule has 0 aliphatic heterocycles. The second-order valence-corrected chi connectivity index (χ2v) is 12.1. The Hall–Kier alpha value is -5.00. The summed E-state index contributed by atoms with van der Waals surface area (Å²) in [7, 11) is 0. The monoisotopic (exact) mass is 855 g/mol. The molecule has 7 N–H and O–H groups in total. The Labute approximate surface area is 349 Å². The van der Waals surface area contributed by atoms with Crippen LogP contribution < -0.4 is 31.3 Å². The van der Waals surface area contributed by atoms with E-state index in [2.05, 4.69) is 26.6 Å². The molecule has 0 heterocycles. The van der Waals surface area contributed by atoms with Crippen LogP contribution in [0, 0.1) is 0 Å². The maximum absolute atomic E-state index is 11.8. The molecule has 21 nitrogen and oxygen atoms in total. The van der Waals surface area contributed by atoms with Crippen LogP contribution in [0.2, 0.25) is 0 Å². The van der Waals surface area contributed by atoms with Gasteiger partial charge in [-0.25, -0.2) is 19.2 Å². The largest absolute Gasteiger partial charge is 0.490 e. The molecule has 2 aromatic rings. The number of alkyl carbamates (subject to hydrolysis) is 4. The van der Waals surface area contributed by atoms with Gasteiger partial charge in [0.25, 0.3) is 0 Å². The van der Waals surface area contributed by atoms with Crippen LogP contribution in [0.4, 0.5) is 19.2 Å². The van der Waals surface area contributed by atoms with Crippen LogP contribution in [0.1, 0.15) is 0 Å². The predicted octanol–water partition coefficient (Wildman–Crippen LogP) is 0.705. The van der Waals surface area contributed by atoms with E-state index >= 15 is 0 Å². The maximum Gasteiger partial charge on any atom is 0.407 e. The average molecular weight is 856 g/mol. The second-order valence-electron chi connectivity index (χ2n) is 12.1. The molecule has 21 heteroatoms. The molecule has 338 valence electrons. The number of carbonyl (C=O) groups excluding carboxylic acids is 4. The van der Waals surface area contributed by atoms with Crippen molar-refractivity contribution in [2.75, 3.05) is 145 Å². The van der Waals surface area contributed by atoms with Gasteiger partial charge >= 0.3 is 24.4 Å². The molecule has 0 saturated carbocycles. The molecule has 2 rings (SSSR count). The molecule has 0 aromatic heterocycles. The molecule has 0 aliphatic carbocycles. The molecule has 0 radical (unpaired) electrons. The van der Waals surface area contributed by atoms with Gasteiger partial charge in [0.1, 0.15) is 44.9 Å². The Bertz CT molecular complexity index is 1470. The summed E-state index contributed by atoms with van der Waals surface area (Å²) >= 11 is 0. The Morgan fingerprint density at radius 2 is 1.00 bits per heavy atom.